The minimum atomic E-state index is 0.333. The molecule has 122 valence electrons. The maximum atomic E-state index is 4.39. The largest absolute Gasteiger partial charge is 0.334 e. The van der Waals surface area contributed by atoms with Gasteiger partial charge in [-0.05, 0) is 62.5 Å². The van der Waals surface area contributed by atoms with E-state index in [1.165, 1.54) is 12.8 Å². The summed E-state index contributed by atoms with van der Waals surface area (Å²) >= 11 is 0. The van der Waals surface area contributed by atoms with Gasteiger partial charge in [-0.25, -0.2) is 9.97 Å². The van der Waals surface area contributed by atoms with Crippen LogP contribution < -0.4 is 10.6 Å². The maximum Gasteiger partial charge on any atom is 0.124 e. The van der Waals surface area contributed by atoms with Crippen LogP contribution in [0.4, 0.5) is 0 Å². The van der Waals surface area contributed by atoms with E-state index >= 15 is 0 Å². The van der Waals surface area contributed by atoms with E-state index < -0.39 is 0 Å². The Hall–Kier alpha value is -2.54. The molecule has 0 unspecified atom stereocenters. The average molecular weight is 320 g/mol. The van der Waals surface area contributed by atoms with Gasteiger partial charge in [0, 0.05) is 0 Å². The number of rotatable bonds is 2. The van der Waals surface area contributed by atoms with Crippen molar-refractivity contribution in [2.45, 2.75) is 37.8 Å². The Morgan fingerprint density at radius 2 is 1.29 bits per heavy atom. The van der Waals surface area contributed by atoms with Crippen molar-refractivity contribution in [2.24, 2.45) is 0 Å². The lowest BCUT2D eigenvalue weighted by Crippen LogP contribution is -2.14. The third kappa shape index (κ3) is 3.35. The third-order valence-electron chi connectivity index (χ3n) is 4.43. The fraction of sp³-hybridized carbons (Fsp3) is 0.444. The number of aromatic amines is 2. The van der Waals surface area contributed by atoms with Crippen molar-refractivity contribution in [2.75, 3.05) is 13.1 Å². The zero-order valence-electron chi connectivity index (χ0n) is 13.4. The molecule has 2 aliphatic heterocycles. The number of imidazole rings is 2. The molecule has 0 amide bonds. The van der Waals surface area contributed by atoms with E-state index in [4.69, 9.17) is 0 Å². The Bertz CT molecular complexity index is 743. The number of nitrogens with zero attached hydrogens (tertiary/aromatic N) is 2. The van der Waals surface area contributed by atoms with Gasteiger partial charge in [-0.3, -0.25) is 0 Å². The minimum Gasteiger partial charge on any atom is -0.334 e. The fourth-order valence-electron chi connectivity index (χ4n) is 3.19. The minimum absolute atomic E-state index is 0.333. The molecular weight excluding hydrogens is 300 g/mol. The standard InChI is InChI=1S/C18H20N6/c1(5-13-11-21-17(23-13)15-7-3-9-19-15)2-6-14-12-22-18(24-14)16-8-4-10-20-16/h11-12,15-16,19-20H,3-4,7-10H2,(H,21,23)(H,22,24)/t15-,16-/m0/s1. The van der Waals surface area contributed by atoms with E-state index in [1.807, 2.05) is 0 Å². The van der Waals surface area contributed by atoms with Gasteiger partial charge < -0.3 is 20.6 Å². The molecule has 0 spiro atoms. The molecule has 4 heterocycles. The summed E-state index contributed by atoms with van der Waals surface area (Å²) in [6, 6.07) is 0.665. The topological polar surface area (TPSA) is 81.4 Å². The summed E-state index contributed by atoms with van der Waals surface area (Å²) in [5.41, 5.74) is 1.60. The second kappa shape index (κ2) is 6.92. The molecule has 2 aliphatic rings. The summed E-state index contributed by atoms with van der Waals surface area (Å²) in [4.78, 5) is 15.3. The van der Waals surface area contributed by atoms with Crippen molar-refractivity contribution in [3.63, 3.8) is 0 Å². The highest BCUT2D eigenvalue weighted by atomic mass is 15.0. The fourth-order valence-corrected chi connectivity index (χ4v) is 3.19. The number of hydrogen-bond acceptors (Lipinski definition) is 4. The number of nitrogens with one attached hydrogen (secondary N) is 4. The van der Waals surface area contributed by atoms with Crippen LogP contribution >= 0.6 is 0 Å². The van der Waals surface area contributed by atoms with E-state index in [2.05, 4.69) is 54.3 Å². The molecule has 4 N–H and O–H groups in total. The molecule has 0 aromatic carbocycles. The van der Waals surface area contributed by atoms with Crippen molar-refractivity contribution >= 4 is 0 Å². The Kier molecular flexibility index (Phi) is 4.33. The first kappa shape index (κ1) is 15.0. The molecule has 2 aromatic rings. The Balaban J connectivity index is 1.39. The van der Waals surface area contributed by atoms with Crippen molar-refractivity contribution in [3.05, 3.63) is 35.4 Å². The predicted octanol–water partition coefficient (Wildman–Crippen LogP) is 1.39. The highest BCUT2D eigenvalue weighted by molar-refractivity contribution is 5.40. The molecule has 0 aliphatic carbocycles. The quantitative estimate of drug-likeness (QED) is 0.630. The van der Waals surface area contributed by atoms with Gasteiger partial charge in [0.05, 0.1) is 24.5 Å². The molecule has 6 heteroatoms. The molecule has 2 aromatic heterocycles. The van der Waals surface area contributed by atoms with Crippen LogP contribution in [0.3, 0.4) is 0 Å². The summed E-state index contributed by atoms with van der Waals surface area (Å²) in [6.07, 6.45) is 8.17. The van der Waals surface area contributed by atoms with Gasteiger partial charge in [-0.1, -0.05) is 0 Å². The highest BCUT2D eigenvalue weighted by Crippen LogP contribution is 2.20. The Morgan fingerprint density at radius 1 is 0.792 bits per heavy atom. The van der Waals surface area contributed by atoms with Crippen LogP contribution in [0, 0.1) is 23.7 Å². The second-order valence-corrected chi connectivity index (χ2v) is 6.16. The lowest BCUT2D eigenvalue weighted by atomic mass is 10.2. The highest BCUT2D eigenvalue weighted by Gasteiger charge is 2.19. The molecule has 0 radical (unpaired) electrons. The summed E-state index contributed by atoms with van der Waals surface area (Å²) in [6.45, 7) is 2.11. The van der Waals surface area contributed by atoms with Gasteiger partial charge in [-0.15, -0.1) is 0 Å². The lowest BCUT2D eigenvalue weighted by molar-refractivity contribution is 0.612. The van der Waals surface area contributed by atoms with Crippen LogP contribution in [0.2, 0.25) is 0 Å². The van der Waals surface area contributed by atoms with Gasteiger partial charge in [-0.2, -0.15) is 0 Å². The zero-order chi connectivity index (χ0) is 16.2. The van der Waals surface area contributed by atoms with Crippen LogP contribution in [-0.2, 0) is 0 Å². The van der Waals surface area contributed by atoms with Gasteiger partial charge >= 0.3 is 0 Å². The SMILES string of the molecule is C(C#Cc1cnc([C@@H]2CCCN2)[nH]1)#Cc1cnc([C@@H]2CCCN2)[nH]1. The Labute approximate surface area is 141 Å². The first-order valence-electron chi connectivity index (χ1n) is 8.47. The van der Waals surface area contributed by atoms with Crippen molar-refractivity contribution < 1.29 is 0 Å². The van der Waals surface area contributed by atoms with E-state index in [9.17, 15) is 0 Å². The summed E-state index contributed by atoms with van der Waals surface area (Å²) in [7, 11) is 0. The van der Waals surface area contributed by atoms with E-state index in [-0.39, 0.29) is 0 Å². The van der Waals surface area contributed by atoms with Crippen molar-refractivity contribution in [1.82, 2.24) is 30.6 Å². The van der Waals surface area contributed by atoms with Gasteiger partial charge in [0.15, 0.2) is 0 Å². The van der Waals surface area contributed by atoms with Crippen LogP contribution in [0.1, 0.15) is 60.8 Å². The van der Waals surface area contributed by atoms with Gasteiger partial charge in [0.2, 0.25) is 0 Å². The molecule has 2 saturated heterocycles. The molecular formula is C18H20N6. The average Bonchev–Trinajstić information content (AvgIpc) is 3.40. The molecule has 0 bridgehead atoms. The monoisotopic (exact) mass is 320 g/mol. The molecule has 2 atom stereocenters. The zero-order valence-corrected chi connectivity index (χ0v) is 13.4. The lowest BCUT2D eigenvalue weighted by Gasteiger charge is -2.04. The van der Waals surface area contributed by atoms with E-state index in [1.54, 1.807) is 12.4 Å². The van der Waals surface area contributed by atoms with Crippen molar-refractivity contribution in [1.29, 1.82) is 0 Å². The predicted molar refractivity (Wildman–Crippen MR) is 90.9 cm³/mol. The van der Waals surface area contributed by atoms with Gasteiger partial charge in [0.1, 0.15) is 23.0 Å². The van der Waals surface area contributed by atoms with Crippen LogP contribution in [0.25, 0.3) is 0 Å². The molecule has 24 heavy (non-hydrogen) atoms. The molecule has 6 nitrogen and oxygen atoms in total. The summed E-state index contributed by atoms with van der Waals surface area (Å²) in [5.74, 6) is 13.7. The Morgan fingerprint density at radius 3 is 1.71 bits per heavy atom. The molecule has 0 saturated carbocycles. The van der Waals surface area contributed by atoms with Crippen LogP contribution in [-0.4, -0.2) is 33.0 Å². The van der Waals surface area contributed by atoms with E-state index in [0.29, 0.717) is 12.1 Å². The third-order valence-corrected chi connectivity index (χ3v) is 4.43. The first-order valence-corrected chi connectivity index (χ1v) is 8.47. The number of H-pyrrole nitrogens is 2. The van der Waals surface area contributed by atoms with Crippen LogP contribution in [0.5, 0.6) is 0 Å². The van der Waals surface area contributed by atoms with Gasteiger partial charge in [0.25, 0.3) is 0 Å². The normalized spacial score (nSPS) is 22.7. The smallest absolute Gasteiger partial charge is 0.124 e. The summed E-state index contributed by atoms with van der Waals surface area (Å²) in [5, 5.41) is 6.83. The van der Waals surface area contributed by atoms with E-state index in [0.717, 1.165) is 49.0 Å². The molecule has 4 rings (SSSR count). The van der Waals surface area contributed by atoms with Crippen molar-refractivity contribution in [3.8, 4) is 23.7 Å². The second-order valence-electron chi connectivity index (χ2n) is 6.16. The maximum absolute atomic E-state index is 4.39. The van der Waals surface area contributed by atoms with Crippen LogP contribution in [0.15, 0.2) is 12.4 Å². The number of aromatic nitrogens is 4. The summed E-state index contributed by atoms with van der Waals surface area (Å²) < 4.78 is 0. The first-order chi connectivity index (χ1) is 11.9. The number of hydrogen-bond donors (Lipinski definition) is 4. The molecule has 2 fully saturated rings.